The van der Waals surface area contributed by atoms with E-state index in [9.17, 15) is 4.79 Å². The number of benzene rings is 2. The van der Waals surface area contributed by atoms with Crippen LogP contribution in [0.25, 0.3) is 0 Å². The molecule has 0 N–H and O–H groups in total. The summed E-state index contributed by atoms with van der Waals surface area (Å²) in [6.45, 7) is 4.72. The molecule has 0 spiro atoms. The van der Waals surface area contributed by atoms with E-state index in [1.54, 1.807) is 4.90 Å². The molecule has 0 saturated carbocycles. The first-order valence-electron chi connectivity index (χ1n) is 10.6. The number of carbonyl (C=O) groups excluding carboxylic acids is 1. The van der Waals surface area contributed by atoms with E-state index in [0.717, 1.165) is 11.1 Å². The fourth-order valence-corrected chi connectivity index (χ4v) is 4.52. The van der Waals surface area contributed by atoms with Crippen LogP contribution >= 0.6 is 0 Å². The zero-order valence-corrected chi connectivity index (χ0v) is 17.7. The van der Waals surface area contributed by atoms with E-state index >= 15 is 0 Å². The third-order valence-corrected chi connectivity index (χ3v) is 5.90. The second kappa shape index (κ2) is 8.24. The van der Waals surface area contributed by atoms with Gasteiger partial charge in [0.05, 0.1) is 19.2 Å². The normalized spacial score (nSPS) is 30.8. The van der Waals surface area contributed by atoms with Gasteiger partial charge in [0.1, 0.15) is 24.9 Å². The van der Waals surface area contributed by atoms with Crippen LogP contribution in [0.2, 0.25) is 0 Å². The predicted molar refractivity (Wildman–Crippen MR) is 111 cm³/mol. The highest BCUT2D eigenvalue weighted by Crippen LogP contribution is 2.44. The Morgan fingerprint density at radius 1 is 0.968 bits per heavy atom. The summed E-state index contributed by atoms with van der Waals surface area (Å²) in [5, 5.41) is 0. The maximum absolute atomic E-state index is 13.0. The van der Waals surface area contributed by atoms with Crippen LogP contribution in [-0.4, -0.2) is 54.0 Å². The van der Waals surface area contributed by atoms with Crippen LogP contribution in [0.1, 0.15) is 25.0 Å². The average molecular weight is 425 g/mol. The van der Waals surface area contributed by atoms with E-state index < -0.39 is 18.2 Å². The Kier molecular flexibility index (Phi) is 5.44. The first kappa shape index (κ1) is 20.5. The molecule has 7 heteroatoms. The molecule has 3 saturated heterocycles. The van der Waals surface area contributed by atoms with Gasteiger partial charge in [0.15, 0.2) is 12.1 Å². The summed E-state index contributed by atoms with van der Waals surface area (Å²) < 4.78 is 29.9. The van der Waals surface area contributed by atoms with E-state index in [1.807, 2.05) is 74.5 Å². The molecule has 5 atom stereocenters. The topological polar surface area (TPSA) is 66.5 Å². The van der Waals surface area contributed by atoms with Crippen molar-refractivity contribution in [3.05, 3.63) is 71.8 Å². The second-order valence-electron chi connectivity index (χ2n) is 8.59. The molecule has 31 heavy (non-hydrogen) atoms. The third kappa shape index (κ3) is 4.19. The highest BCUT2D eigenvalue weighted by molar-refractivity contribution is 5.69. The molecule has 0 aliphatic carbocycles. The van der Waals surface area contributed by atoms with Crippen LogP contribution in [0.3, 0.4) is 0 Å². The molecule has 3 aliphatic rings. The number of ether oxygens (including phenoxy) is 5. The second-order valence-corrected chi connectivity index (χ2v) is 8.59. The van der Waals surface area contributed by atoms with Crippen LogP contribution in [-0.2, 0) is 36.9 Å². The standard InChI is InChI=1S/C24H27NO6/c1-24(2)30-21-19-20(29-22(21)31-24)18(27-14-16-9-5-3-6-10-16)13-25(19)23(26)28-15-17-11-7-4-8-12-17/h3-12,18-22H,13-15H2,1-2H3/t18-,19+,20-,21-,22-/m1/s1. The van der Waals surface area contributed by atoms with E-state index in [0.29, 0.717) is 13.2 Å². The summed E-state index contributed by atoms with van der Waals surface area (Å²) in [5.74, 6) is -0.761. The number of rotatable bonds is 5. The smallest absolute Gasteiger partial charge is 0.410 e. The van der Waals surface area contributed by atoms with Crippen LogP contribution in [0.15, 0.2) is 60.7 Å². The lowest BCUT2D eigenvalue weighted by molar-refractivity contribution is -0.215. The predicted octanol–water partition coefficient (Wildman–Crippen LogP) is 3.47. The number of likely N-dealkylation sites (tertiary alicyclic amines) is 1. The Morgan fingerprint density at radius 2 is 1.61 bits per heavy atom. The molecule has 0 bridgehead atoms. The zero-order chi connectivity index (χ0) is 21.4. The Bertz CT molecular complexity index is 905. The van der Waals surface area contributed by atoms with Crippen molar-refractivity contribution in [3.63, 3.8) is 0 Å². The lowest BCUT2D eigenvalue weighted by atomic mass is 10.1. The minimum atomic E-state index is -0.761. The monoisotopic (exact) mass is 425 g/mol. The van der Waals surface area contributed by atoms with Crippen molar-refractivity contribution in [2.45, 2.75) is 63.5 Å². The Labute approximate surface area is 181 Å². The lowest BCUT2D eigenvalue weighted by Crippen LogP contribution is -2.46. The van der Waals surface area contributed by atoms with E-state index in [-0.39, 0.29) is 31.0 Å². The maximum atomic E-state index is 13.0. The van der Waals surface area contributed by atoms with Gasteiger partial charge in [-0.25, -0.2) is 4.79 Å². The van der Waals surface area contributed by atoms with E-state index in [1.165, 1.54) is 0 Å². The van der Waals surface area contributed by atoms with Crippen LogP contribution in [0.4, 0.5) is 4.79 Å². The molecule has 3 aliphatic heterocycles. The quantitative estimate of drug-likeness (QED) is 0.731. The van der Waals surface area contributed by atoms with Crippen molar-refractivity contribution in [2.24, 2.45) is 0 Å². The number of amides is 1. The Balaban J connectivity index is 1.30. The summed E-state index contributed by atoms with van der Waals surface area (Å²) in [6.07, 6.45) is -1.94. The highest BCUT2D eigenvalue weighted by atomic mass is 16.8. The fraction of sp³-hybridized carbons (Fsp3) is 0.458. The maximum Gasteiger partial charge on any atom is 0.410 e. The molecule has 0 unspecified atom stereocenters. The first-order valence-corrected chi connectivity index (χ1v) is 10.6. The number of carbonyl (C=O) groups is 1. The summed E-state index contributed by atoms with van der Waals surface area (Å²) in [6, 6.07) is 19.2. The minimum absolute atomic E-state index is 0.209. The van der Waals surface area contributed by atoms with Gasteiger partial charge >= 0.3 is 6.09 Å². The van der Waals surface area contributed by atoms with Gasteiger partial charge in [-0.1, -0.05) is 60.7 Å². The number of nitrogens with zero attached hydrogens (tertiary/aromatic N) is 1. The molecule has 3 fully saturated rings. The van der Waals surface area contributed by atoms with Crippen LogP contribution < -0.4 is 0 Å². The molecule has 164 valence electrons. The van der Waals surface area contributed by atoms with Crippen molar-refractivity contribution < 1.29 is 28.5 Å². The van der Waals surface area contributed by atoms with Crippen molar-refractivity contribution >= 4 is 6.09 Å². The highest BCUT2D eigenvalue weighted by Gasteiger charge is 2.63. The SMILES string of the molecule is CC1(C)O[C@H]2O[C@H]3[C@@H]([C@H]2O1)N(C(=O)OCc1ccccc1)C[C@H]3OCc1ccccc1. The molecular formula is C24H27NO6. The average Bonchev–Trinajstić information content (AvgIpc) is 3.38. The molecule has 2 aromatic carbocycles. The molecule has 7 nitrogen and oxygen atoms in total. The molecular weight excluding hydrogens is 398 g/mol. The Hall–Kier alpha value is -2.45. The van der Waals surface area contributed by atoms with Crippen LogP contribution in [0.5, 0.6) is 0 Å². The summed E-state index contributed by atoms with van der Waals surface area (Å²) in [7, 11) is 0. The van der Waals surface area contributed by atoms with Crippen LogP contribution in [0, 0.1) is 0 Å². The van der Waals surface area contributed by atoms with Gasteiger partial charge < -0.3 is 23.7 Å². The first-order chi connectivity index (χ1) is 15.0. The lowest BCUT2D eigenvalue weighted by Gasteiger charge is -2.27. The number of hydrogen-bond donors (Lipinski definition) is 0. The Morgan fingerprint density at radius 3 is 2.29 bits per heavy atom. The van der Waals surface area contributed by atoms with Crippen molar-refractivity contribution in [3.8, 4) is 0 Å². The summed E-state index contributed by atoms with van der Waals surface area (Å²) in [4.78, 5) is 14.7. The summed E-state index contributed by atoms with van der Waals surface area (Å²) >= 11 is 0. The molecule has 3 heterocycles. The molecule has 0 aromatic heterocycles. The largest absolute Gasteiger partial charge is 0.445 e. The number of hydrogen-bond acceptors (Lipinski definition) is 6. The van der Waals surface area contributed by atoms with Gasteiger partial charge in [0.25, 0.3) is 0 Å². The minimum Gasteiger partial charge on any atom is -0.445 e. The molecule has 1 amide bonds. The molecule has 0 radical (unpaired) electrons. The van der Waals surface area contributed by atoms with Gasteiger partial charge in [-0.05, 0) is 25.0 Å². The molecule has 5 rings (SSSR count). The van der Waals surface area contributed by atoms with Crippen molar-refractivity contribution in [1.29, 1.82) is 0 Å². The number of fused-ring (bicyclic) bond motifs is 3. The van der Waals surface area contributed by atoms with Gasteiger partial charge in [-0.2, -0.15) is 0 Å². The van der Waals surface area contributed by atoms with Crippen molar-refractivity contribution in [1.82, 2.24) is 4.90 Å². The van der Waals surface area contributed by atoms with Gasteiger partial charge in [0, 0.05) is 0 Å². The fourth-order valence-electron chi connectivity index (χ4n) is 4.52. The molecule has 2 aromatic rings. The summed E-state index contributed by atoms with van der Waals surface area (Å²) in [5.41, 5.74) is 2.00. The van der Waals surface area contributed by atoms with E-state index in [4.69, 9.17) is 23.7 Å². The zero-order valence-electron chi connectivity index (χ0n) is 17.7. The van der Waals surface area contributed by atoms with Gasteiger partial charge in [-0.15, -0.1) is 0 Å². The van der Waals surface area contributed by atoms with E-state index in [2.05, 4.69) is 0 Å². The van der Waals surface area contributed by atoms with Gasteiger partial charge in [0.2, 0.25) is 0 Å². The third-order valence-electron chi connectivity index (χ3n) is 5.90. The van der Waals surface area contributed by atoms with Crippen molar-refractivity contribution in [2.75, 3.05) is 6.54 Å². The van der Waals surface area contributed by atoms with Gasteiger partial charge in [-0.3, -0.25) is 4.90 Å².